The first kappa shape index (κ1) is 14.6. The van der Waals surface area contributed by atoms with Crippen molar-refractivity contribution in [3.8, 4) is 0 Å². The minimum absolute atomic E-state index is 0.133. The number of sulfone groups is 1. The van der Waals surface area contributed by atoms with E-state index in [9.17, 15) is 8.42 Å². The standard InChI is InChI=1S/C12H21N3O2S2/c1-3-7-19(16,17)10-11(13)14-18-12(10)15-6-5-9(4-2)8-15/h9H,3-8H2,1-2H3,(H2,13,14). The zero-order valence-corrected chi connectivity index (χ0v) is 13.1. The van der Waals surface area contributed by atoms with Crippen molar-refractivity contribution < 1.29 is 8.42 Å². The summed E-state index contributed by atoms with van der Waals surface area (Å²) in [4.78, 5) is 2.39. The van der Waals surface area contributed by atoms with Gasteiger partial charge in [0.15, 0.2) is 15.7 Å². The van der Waals surface area contributed by atoms with Crippen LogP contribution in [0.2, 0.25) is 0 Å². The number of nitrogens with zero attached hydrogens (tertiary/aromatic N) is 2. The Hall–Kier alpha value is -0.820. The fourth-order valence-electron chi connectivity index (χ4n) is 2.50. The molecule has 0 spiro atoms. The number of anilines is 2. The van der Waals surface area contributed by atoms with Crippen LogP contribution in [0.15, 0.2) is 4.90 Å². The van der Waals surface area contributed by atoms with Gasteiger partial charge in [0.05, 0.1) is 5.75 Å². The molecule has 0 bridgehead atoms. The van der Waals surface area contributed by atoms with E-state index in [1.807, 2.05) is 6.92 Å². The van der Waals surface area contributed by atoms with Gasteiger partial charge in [-0.25, -0.2) is 8.42 Å². The zero-order chi connectivity index (χ0) is 14.0. The Morgan fingerprint density at radius 1 is 1.47 bits per heavy atom. The molecule has 2 rings (SSSR count). The Morgan fingerprint density at radius 2 is 2.21 bits per heavy atom. The number of nitrogens with two attached hydrogens (primary N) is 1. The van der Waals surface area contributed by atoms with Crippen LogP contribution in [0.25, 0.3) is 0 Å². The summed E-state index contributed by atoms with van der Waals surface area (Å²) in [7, 11) is -3.31. The van der Waals surface area contributed by atoms with Gasteiger partial charge in [-0.3, -0.25) is 0 Å². The van der Waals surface area contributed by atoms with Gasteiger partial charge in [-0.1, -0.05) is 20.3 Å². The van der Waals surface area contributed by atoms with Crippen molar-refractivity contribution in [1.82, 2.24) is 4.37 Å². The molecule has 1 aromatic heterocycles. The maximum absolute atomic E-state index is 12.3. The normalized spacial score (nSPS) is 20.1. The lowest BCUT2D eigenvalue weighted by molar-refractivity contribution is 0.569. The molecule has 0 amide bonds. The third-order valence-electron chi connectivity index (χ3n) is 3.59. The maximum atomic E-state index is 12.3. The molecule has 0 aromatic carbocycles. The van der Waals surface area contributed by atoms with Crippen LogP contribution in [0.4, 0.5) is 10.8 Å². The van der Waals surface area contributed by atoms with Crippen molar-refractivity contribution in [3.05, 3.63) is 0 Å². The van der Waals surface area contributed by atoms with E-state index in [-0.39, 0.29) is 16.5 Å². The lowest BCUT2D eigenvalue weighted by atomic mass is 10.1. The highest BCUT2D eigenvalue weighted by molar-refractivity contribution is 7.91. The SMILES string of the molecule is CCCS(=O)(=O)c1c(N)nsc1N1CCC(CC)C1. The third kappa shape index (κ3) is 2.86. The van der Waals surface area contributed by atoms with Gasteiger partial charge in [0.25, 0.3) is 0 Å². The van der Waals surface area contributed by atoms with E-state index in [1.54, 1.807) is 0 Å². The molecular formula is C12H21N3O2S2. The van der Waals surface area contributed by atoms with Crippen molar-refractivity contribution in [2.24, 2.45) is 5.92 Å². The van der Waals surface area contributed by atoms with Crippen molar-refractivity contribution in [2.75, 3.05) is 29.5 Å². The molecule has 1 fully saturated rings. The molecule has 1 aliphatic heterocycles. The van der Waals surface area contributed by atoms with Gasteiger partial charge in [0.2, 0.25) is 0 Å². The van der Waals surface area contributed by atoms with Gasteiger partial charge < -0.3 is 10.6 Å². The second kappa shape index (κ2) is 5.66. The van der Waals surface area contributed by atoms with Crippen LogP contribution in [0.5, 0.6) is 0 Å². The lowest BCUT2D eigenvalue weighted by Crippen LogP contribution is -2.21. The topological polar surface area (TPSA) is 76.3 Å². The zero-order valence-electron chi connectivity index (χ0n) is 11.4. The van der Waals surface area contributed by atoms with E-state index in [4.69, 9.17) is 5.73 Å². The molecule has 1 atom stereocenters. The Bertz CT molecular complexity index is 539. The summed E-state index contributed by atoms with van der Waals surface area (Å²) in [6.07, 6.45) is 2.83. The largest absolute Gasteiger partial charge is 0.382 e. The molecule has 0 aliphatic carbocycles. The second-order valence-electron chi connectivity index (χ2n) is 5.03. The molecule has 5 nitrogen and oxygen atoms in total. The van der Waals surface area contributed by atoms with Gasteiger partial charge in [0, 0.05) is 13.1 Å². The number of hydrogen-bond donors (Lipinski definition) is 1. The van der Waals surface area contributed by atoms with Crippen molar-refractivity contribution in [1.29, 1.82) is 0 Å². The summed E-state index contributed by atoms with van der Waals surface area (Å²) >= 11 is 1.21. The highest BCUT2D eigenvalue weighted by Gasteiger charge is 2.31. The molecule has 1 aromatic rings. The van der Waals surface area contributed by atoms with Crippen LogP contribution in [-0.4, -0.2) is 31.6 Å². The molecule has 1 saturated heterocycles. The van der Waals surface area contributed by atoms with E-state index in [2.05, 4.69) is 16.2 Å². The number of rotatable bonds is 5. The number of nitrogen functional groups attached to an aromatic ring is 1. The Morgan fingerprint density at radius 3 is 2.79 bits per heavy atom. The van der Waals surface area contributed by atoms with Gasteiger partial charge in [-0.05, 0) is 30.3 Å². The third-order valence-corrected chi connectivity index (χ3v) is 6.61. The molecule has 1 unspecified atom stereocenters. The number of aromatic nitrogens is 1. The molecule has 0 saturated carbocycles. The molecule has 1 aliphatic rings. The lowest BCUT2D eigenvalue weighted by Gasteiger charge is -2.17. The van der Waals surface area contributed by atoms with Crippen LogP contribution in [0, 0.1) is 5.92 Å². The van der Waals surface area contributed by atoms with E-state index < -0.39 is 9.84 Å². The predicted octanol–water partition coefficient (Wildman–Crippen LogP) is 2.15. The van der Waals surface area contributed by atoms with E-state index >= 15 is 0 Å². The van der Waals surface area contributed by atoms with Gasteiger partial charge in [0.1, 0.15) is 9.90 Å². The summed E-state index contributed by atoms with van der Waals surface area (Å²) in [6.45, 7) is 5.83. The minimum Gasteiger partial charge on any atom is -0.382 e. The van der Waals surface area contributed by atoms with E-state index in [1.165, 1.54) is 11.5 Å². The predicted molar refractivity (Wildman–Crippen MR) is 79.5 cm³/mol. The van der Waals surface area contributed by atoms with Gasteiger partial charge in [-0.2, -0.15) is 4.37 Å². The Labute approximate surface area is 118 Å². The van der Waals surface area contributed by atoms with Crippen LogP contribution in [0.3, 0.4) is 0 Å². The molecule has 108 valence electrons. The second-order valence-corrected chi connectivity index (χ2v) is 7.83. The molecule has 2 N–H and O–H groups in total. The molecule has 19 heavy (non-hydrogen) atoms. The Kier molecular flexibility index (Phi) is 4.35. The highest BCUT2D eigenvalue weighted by Crippen LogP contribution is 2.38. The number of hydrogen-bond acceptors (Lipinski definition) is 6. The average Bonchev–Trinajstić information content (AvgIpc) is 2.94. The summed E-state index contributed by atoms with van der Waals surface area (Å²) in [5, 5.41) is 0.738. The first-order chi connectivity index (χ1) is 8.99. The van der Waals surface area contributed by atoms with E-state index in [0.29, 0.717) is 12.3 Å². The fraction of sp³-hybridized carbons (Fsp3) is 0.750. The van der Waals surface area contributed by atoms with Gasteiger partial charge in [-0.15, -0.1) is 0 Å². The molecule has 2 heterocycles. The first-order valence-electron chi connectivity index (χ1n) is 6.72. The fourth-order valence-corrected chi connectivity index (χ4v) is 5.30. The highest BCUT2D eigenvalue weighted by atomic mass is 32.2. The smallest absolute Gasteiger partial charge is 0.185 e. The maximum Gasteiger partial charge on any atom is 0.185 e. The first-order valence-corrected chi connectivity index (χ1v) is 9.15. The monoisotopic (exact) mass is 303 g/mol. The van der Waals surface area contributed by atoms with Crippen LogP contribution < -0.4 is 10.6 Å². The van der Waals surface area contributed by atoms with E-state index in [0.717, 1.165) is 30.9 Å². The van der Waals surface area contributed by atoms with Crippen LogP contribution in [0.1, 0.15) is 33.1 Å². The van der Waals surface area contributed by atoms with Crippen LogP contribution >= 0.6 is 11.5 Å². The molecular weight excluding hydrogens is 282 g/mol. The van der Waals surface area contributed by atoms with Crippen LogP contribution in [-0.2, 0) is 9.84 Å². The summed E-state index contributed by atoms with van der Waals surface area (Å²) in [5.41, 5.74) is 5.79. The summed E-state index contributed by atoms with van der Waals surface area (Å²) in [6, 6.07) is 0. The quantitative estimate of drug-likeness (QED) is 0.902. The van der Waals surface area contributed by atoms with Crippen molar-refractivity contribution in [2.45, 2.75) is 38.0 Å². The summed E-state index contributed by atoms with van der Waals surface area (Å²) < 4.78 is 28.7. The van der Waals surface area contributed by atoms with Crippen molar-refractivity contribution in [3.63, 3.8) is 0 Å². The molecule has 7 heteroatoms. The average molecular weight is 303 g/mol. The summed E-state index contributed by atoms with van der Waals surface area (Å²) in [5.74, 6) is 0.937. The van der Waals surface area contributed by atoms with Crippen molar-refractivity contribution >= 4 is 32.2 Å². The van der Waals surface area contributed by atoms with Gasteiger partial charge >= 0.3 is 0 Å². The minimum atomic E-state index is -3.31. The molecule has 0 radical (unpaired) electrons. The Balaban J connectivity index is 2.33.